The zero-order valence-electron chi connectivity index (χ0n) is 24.4. The highest BCUT2D eigenvalue weighted by molar-refractivity contribution is 6.76. The van der Waals surface area contributed by atoms with Crippen molar-refractivity contribution < 1.29 is 14.6 Å². The smallest absolute Gasteiger partial charge is 0.313 e. The van der Waals surface area contributed by atoms with Crippen LogP contribution in [-0.2, 0) is 16.0 Å². The lowest BCUT2D eigenvalue weighted by Crippen LogP contribution is -2.24. The molecule has 1 heterocycles. The van der Waals surface area contributed by atoms with Gasteiger partial charge in [-0.25, -0.2) is 4.98 Å². The summed E-state index contributed by atoms with van der Waals surface area (Å²) in [5.74, 6) is -0.444. The molecule has 0 fully saturated rings. The number of fused-ring (bicyclic) bond motifs is 1. The van der Waals surface area contributed by atoms with Gasteiger partial charge in [-0.3, -0.25) is 4.79 Å². The Morgan fingerprint density at radius 1 is 1.00 bits per heavy atom. The van der Waals surface area contributed by atoms with Crippen LogP contribution in [0.4, 0.5) is 0 Å². The minimum atomic E-state index is -1.27. The summed E-state index contributed by atoms with van der Waals surface area (Å²) in [4.78, 5) is 17.7. The third-order valence-electron chi connectivity index (χ3n) is 7.32. The number of halogens is 1. The number of benzene rings is 3. The van der Waals surface area contributed by atoms with E-state index in [2.05, 4.69) is 30.7 Å². The van der Waals surface area contributed by atoms with Gasteiger partial charge in [-0.15, -0.1) is 0 Å². The van der Waals surface area contributed by atoms with Gasteiger partial charge < -0.3 is 9.84 Å². The fraction of sp³-hybridized carbons (Fsp3) is 0.314. The van der Waals surface area contributed by atoms with Crippen molar-refractivity contribution in [1.29, 1.82) is 0 Å². The van der Waals surface area contributed by atoms with Crippen LogP contribution in [0.2, 0.25) is 30.7 Å². The normalized spacial score (nSPS) is 13.4. The van der Waals surface area contributed by atoms with Crippen molar-refractivity contribution in [1.82, 2.24) is 4.98 Å². The van der Waals surface area contributed by atoms with Gasteiger partial charge >= 0.3 is 5.97 Å². The molecule has 4 nitrogen and oxygen atoms in total. The minimum Gasteiger partial charge on any atom is -0.466 e. The standard InChI is InChI=1S/C35H40ClNO3Si/c1-5-31(35(39)40-21-22-41(2,3)4)32-12-7-6-10-26(32)16-20-34(38)28-11-8-9-25(23-28)13-18-30-19-15-27-14-17-29(36)24-33(27)37-30/h6-15,17-19,23-24,31,34,38H,5,16,20-22H2,1-4H3/b18-13+. The summed E-state index contributed by atoms with van der Waals surface area (Å²) >= 11 is 6.13. The van der Waals surface area contributed by atoms with Crippen LogP contribution in [0.15, 0.2) is 78.9 Å². The number of carbonyl (C=O) groups excluding carboxylic acids is 1. The Morgan fingerprint density at radius 2 is 1.78 bits per heavy atom. The number of hydrogen-bond donors (Lipinski definition) is 1. The molecule has 0 bridgehead atoms. The molecule has 3 aromatic carbocycles. The number of nitrogens with zero attached hydrogens (tertiary/aromatic N) is 1. The van der Waals surface area contributed by atoms with E-state index in [0.717, 1.165) is 44.9 Å². The first-order valence-corrected chi connectivity index (χ1v) is 18.5. The second-order valence-corrected chi connectivity index (χ2v) is 17.8. The quantitative estimate of drug-likeness (QED) is 0.133. The molecule has 4 rings (SSSR count). The van der Waals surface area contributed by atoms with Gasteiger partial charge in [0.1, 0.15) is 0 Å². The van der Waals surface area contributed by atoms with E-state index in [9.17, 15) is 9.90 Å². The first kappa shape index (κ1) is 30.7. The average Bonchev–Trinajstić information content (AvgIpc) is 2.95. The molecular formula is C35H40ClNO3Si. The Kier molecular flexibility index (Phi) is 10.5. The maximum Gasteiger partial charge on any atom is 0.313 e. The van der Waals surface area contributed by atoms with Crippen LogP contribution in [0.25, 0.3) is 23.1 Å². The van der Waals surface area contributed by atoms with Gasteiger partial charge in [-0.1, -0.05) is 98.8 Å². The van der Waals surface area contributed by atoms with Crippen molar-refractivity contribution in [3.8, 4) is 0 Å². The Hall–Kier alpha value is -3.25. The molecule has 0 saturated carbocycles. The van der Waals surface area contributed by atoms with Crippen LogP contribution in [0.3, 0.4) is 0 Å². The highest BCUT2D eigenvalue weighted by Gasteiger charge is 2.24. The van der Waals surface area contributed by atoms with Crippen molar-refractivity contribution in [2.45, 2.75) is 63.9 Å². The average molecular weight is 586 g/mol. The molecule has 1 N–H and O–H groups in total. The van der Waals surface area contributed by atoms with E-state index in [1.54, 1.807) is 0 Å². The molecule has 0 aliphatic heterocycles. The summed E-state index contributed by atoms with van der Waals surface area (Å²) in [6.45, 7) is 9.36. The van der Waals surface area contributed by atoms with Crippen LogP contribution < -0.4 is 0 Å². The Balaban J connectivity index is 1.41. The van der Waals surface area contributed by atoms with Crippen molar-refractivity contribution in [3.05, 3.63) is 112 Å². The number of carbonyl (C=O) groups is 1. The van der Waals surface area contributed by atoms with Crippen LogP contribution in [0.5, 0.6) is 0 Å². The van der Waals surface area contributed by atoms with Gasteiger partial charge in [-0.05, 0) is 77.9 Å². The molecule has 6 heteroatoms. The Bertz CT molecular complexity index is 1510. The van der Waals surface area contributed by atoms with Gasteiger partial charge in [0.25, 0.3) is 0 Å². The van der Waals surface area contributed by atoms with Gasteiger partial charge in [0.15, 0.2) is 0 Å². The molecule has 4 aromatic rings. The van der Waals surface area contributed by atoms with E-state index in [-0.39, 0.29) is 11.9 Å². The molecule has 2 atom stereocenters. The van der Waals surface area contributed by atoms with Crippen molar-refractivity contribution in [2.24, 2.45) is 0 Å². The summed E-state index contributed by atoms with van der Waals surface area (Å²) in [6, 6.07) is 26.7. The molecule has 2 unspecified atom stereocenters. The summed E-state index contributed by atoms with van der Waals surface area (Å²) < 4.78 is 5.70. The third kappa shape index (κ3) is 8.86. The van der Waals surface area contributed by atoms with Crippen molar-refractivity contribution in [3.63, 3.8) is 0 Å². The molecule has 0 aliphatic carbocycles. The first-order chi connectivity index (χ1) is 19.6. The molecule has 0 aliphatic rings. The fourth-order valence-corrected chi connectivity index (χ4v) is 5.76. The second-order valence-electron chi connectivity index (χ2n) is 11.8. The predicted octanol–water partition coefficient (Wildman–Crippen LogP) is 9.10. The molecule has 41 heavy (non-hydrogen) atoms. The van der Waals surface area contributed by atoms with E-state index in [4.69, 9.17) is 16.3 Å². The van der Waals surface area contributed by atoms with Crippen molar-refractivity contribution in [2.75, 3.05) is 6.61 Å². The summed E-state index contributed by atoms with van der Waals surface area (Å²) in [5, 5.41) is 12.8. The van der Waals surface area contributed by atoms with Crippen LogP contribution in [0, 0.1) is 0 Å². The van der Waals surface area contributed by atoms with Crippen molar-refractivity contribution >= 4 is 48.7 Å². The van der Waals surface area contributed by atoms with Crippen LogP contribution >= 0.6 is 11.6 Å². The van der Waals surface area contributed by atoms with Crippen LogP contribution in [0.1, 0.15) is 59.7 Å². The lowest BCUT2D eigenvalue weighted by Gasteiger charge is -2.21. The number of pyridine rings is 1. The molecular weight excluding hydrogens is 546 g/mol. The zero-order valence-corrected chi connectivity index (χ0v) is 26.2. The topological polar surface area (TPSA) is 59.4 Å². The van der Waals surface area contributed by atoms with Crippen LogP contribution in [-0.4, -0.2) is 30.7 Å². The highest BCUT2D eigenvalue weighted by atomic mass is 35.5. The lowest BCUT2D eigenvalue weighted by atomic mass is 9.89. The third-order valence-corrected chi connectivity index (χ3v) is 9.26. The molecule has 0 amide bonds. The Labute approximate surface area is 250 Å². The van der Waals surface area contributed by atoms with Gasteiger partial charge in [0.2, 0.25) is 0 Å². The molecule has 1 aromatic heterocycles. The lowest BCUT2D eigenvalue weighted by molar-refractivity contribution is -0.145. The number of esters is 1. The number of aromatic nitrogens is 1. The summed E-state index contributed by atoms with van der Waals surface area (Å²) in [7, 11) is -1.27. The molecule has 0 radical (unpaired) electrons. The van der Waals surface area contributed by atoms with E-state index >= 15 is 0 Å². The number of aliphatic hydroxyl groups is 1. The van der Waals surface area contributed by atoms with E-state index in [0.29, 0.717) is 30.9 Å². The maximum atomic E-state index is 13.0. The van der Waals surface area contributed by atoms with Gasteiger partial charge in [-0.2, -0.15) is 0 Å². The minimum absolute atomic E-state index is 0.151. The largest absolute Gasteiger partial charge is 0.466 e. The van der Waals surface area contributed by atoms with E-state index in [1.165, 1.54) is 0 Å². The second kappa shape index (κ2) is 14.1. The molecule has 0 spiro atoms. The molecule has 214 valence electrons. The van der Waals surface area contributed by atoms with E-state index < -0.39 is 14.2 Å². The monoisotopic (exact) mass is 585 g/mol. The summed E-state index contributed by atoms with van der Waals surface area (Å²) in [5.41, 5.74) is 5.63. The first-order valence-electron chi connectivity index (χ1n) is 14.4. The number of aryl methyl sites for hydroxylation is 1. The highest BCUT2D eigenvalue weighted by Crippen LogP contribution is 2.29. The summed E-state index contributed by atoms with van der Waals surface area (Å²) in [6.07, 6.45) is 5.25. The maximum absolute atomic E-state index is 13.0. The number of ether oxygens (including phenoxy) is 1. The van der Waals surface area contributed by atoms with Gasteiger partial charge in [0.05, 0.1) is 29.8 Å². The number of rotatable bonds is 12. The zero-order chi connectivity index (χ0) is 29.4. The number of aliphatic hydroxyl groups excluding tert-OH is 1. The van der Waals surface area contributed by atoms with E-state index in [1.807, 2.05) is 91.9 Å². The van der Waals surface area contributed by atoms with Gasteiger partial charge in [0, 0.05) is 18.5 Å². The fourth-order valence-electron chi connectivity index (χ4n) is 4.88. The Morgan fingerprint density at radius 3 is 2.56 bits per heavy atom. The molecule has 0 saturated heterocycles. The number of hydrogen-bond acceptors (Lipinski definition) is 4. The SMILES string of the molecule is CCC(C(=O)OCC[Si](C)(C)C)c1ccccc1CCC(O)c1cccc(/C=C/c2ccc3ccc(Cl)cc3n2)c1. The predicted molar refractivity (Wildman–Crippen MR) is 174 cm³/mol.